The molecule has 1 aliphatic heterocycles. The summed E-state index contributed by atoms with van der Waals surface area (Å²) in [6.07, 6.45) is 0.858. The minimum absolute atomic E-state index is 0.0880. The van der Waals surface area contributed by atoms with Crippen LogP contribution in [-0.2, 0) is 4.79 Å². The number of carbonyl (C=O) groups excluding carboxylic acids is 2. The van der Waals surface area contributed by atoms with Gasteiger partial charge in [0.15, 0.2) is 0 Å². The predicted molar refractivity (Wildman–Crippen MR) is 101 cm³/mol. The lowest BCUT2D eigenvalue weighted by Crippen LogP contribution is -2.45. The fraction of sp³-hybridized carbons (Fsp3) is 0.333. The van der Waals surface area contributed by atoms with E-state index in [4.69, 9.17) is 5.73 Å². The molecule has 1 saturated heterocycles. The molecule has 25 heavy (non-hydrogen) atoms. The summed E-state index contributed by atoms with van der Waals surface area (Å²) in [4.78, 5) is 26.6. The number of carbonyl (C=O) groups is 2. The maximum Gasteiger partial charge on any atom is 0.210 e. The van der Waals surface area contributed by atoms with E-state index in [1.807, 2.05) is 25.1 Å². The number of ketones is 1. The highest BCUT2D eigenvalue weighted by Gasteiger charge is 2.31. The second-order valence-electron chi connectivity index (χ2n) is 5.88. The average Bonchev–Trinajstić information content (AvgIpc) is 2.98. The van der Waals surface area contributed by atoms with Crippen molar-refractivity contribution >= 4 is 34.2 Å². The number of hydrogen-bond donors (Lipinski definition) is 3. The molecule has 7 heteroatoms. The predicted octanol–water partition coefficient (Wildman–Crippen LogP) is 2.10. The van der Waals surface area contributed by atoms with Crippen LogP contribution in [0.3, 0.4) is 0 Å². The summed E-state index contributed by atoms with van der Waals surface area (Å²) in [5, 5.41) is 7.46. The lowest BCUT2D eigenvalue weighted by atomic mass is 10.0. The van der Waals surface area contributed by atoms with E-state index in [9.17, 15) is 9.59 Å². The van der Waals surface area contributed by atoms with E-state index in [2.05, 4.69) is 10.6 Å². The van der Waals surface area contributed by atoms with Crippen molar-refractivity contribution in [3.05, 3.63) is 46.3 Å². The van der Waals surface area contributed by atoms with Crippen molar-refractivity contribution in [3.8, 4) is 0 Å². The van der Waals surface area contributed by atoms with E-state index in [1.54, 1.807) is 17.0 Å². The zero-order chi connectivity index (χ0) is 17.8. The largest absolute Gasteiger partial charge is 0.397 e. The number of rotatable bonds is 6. The average molecular weight is 358 g/mol. The van der Waals surface area contributed by atoms with Crippen LogP contribution in [0.5, 0.6) is 0 Å². The Morgan fingerprint density at radius 2 is 2.20 bits per heavy atom. The molecular weight excluding hydrogens is 336 g/mol. The molecule has 4 N–H and O–H groups in total. The number of nitrogen functional groups attached to an aromatic ring is 1. The minimum Gasteiger partial charge on any atom is -0.397 e. The molecule has 1 aromatic heterocycles. The maximum atomic E-state index is 12.9. The highest BCUT2D eigenvalue weighted by Crippen LogP contribution is 2.42. The van der Waals surface area contributed by atoms with E-state index in [0.717, 1.165) is 23.5 Å². The highest BCUT2D eigenvalue weighted by molar-refractivity contribution is 7.19. The van der Waals surface area contributed by atoms with Gasteiger partial charge in [-0.05, 0) is 6.92 Å². The first-order valence-electron chi connectivity index (χ1n) is 8.34. The third kappa shape index (κ3) is 3.38. The third-order valence-corrected chi connectivity index (χ3v) is 5.49. The van der Waals surface area contributed by atoms with Crippen molar-refractivity contribution < 1.29 is 9.59 Å². The van der Waals surface area contributed by atoms with Crippen molar-refractivity contribution in [2.75, 3.05) is 37.2 Å². The van der Waals surface area contributed by atoms with Gasteiger partial charge in [0.2, 0.25) is 12.2 Å². The fourth-order valence-electron chi connectivity index (χ4n) is 3.08. The first-order valence-corrected chi connectivity index (χ1v) is 9.16. The van der Waals surface area contributed by atoms with Gasteiger partial charge in [-0.2, -0.15) is 0 Å². The van der Waals surface area contributed by atoms with Crippen molar-refractivity contribution in [1.29, 1.82) is 0 Å². The fourth-order valence-corrected chi connectivity index (χ4v) is 4.29. The first-order chi connectivity index (χ1) is 12.2. The Bertz CT molecular complexity index is 760. The van der Waals surface area contributed by atoms with Gasteiger partial charge in [0.1, 0.15) is 4.88 Å². The molecular formula is C18H22N4O2S. The molecule has 0 spiro atoms. The van der Waals surface area contributed by atoms with Gasteiger partial charge in [-0.3, -0.25) is 9.59 Å². The highest BCUT2D eigenvalue weighted by atomic mass is 32.1. The molecule has 1 aromatic carbocycles. The lowest BCUT2D eigenvalue weighted by molar-refractivity contribution is -0.121. The van der Waals surface area contributed by atoms with Gasteiger partial charge in [-0.25, -0.2) is 0 Å². The van der Waals surface area contributed by atoms with E-state index in [-0.39, 0.29) is 11.8 Å². The zero-order valence-corrected chi connectivity index (χ0v) is 14.9. The molecule has 0 radical (unpaired) electrons. The summed E-state index contributed by atoms with van der Waals surface area (Å²) in [6.45, 7) is 4.71. The van der Waals surface area contributed by atoms with Gasteiger partial charge in [0.25, 0.3) is 0 Å². The second kappa shape index (κ2) is 7.67. The summed E-state index contributed by atoms with van der Waals surface area (Å²) >= 11 is 1.36. The number of thiophene rings is 1. The number of nitrogens with one attached hydrogen (secondary N) is 2. The van der Waals surface area contributed by atoms with Crippen LogP contribution < -0.4 is 16.4 Å². The Morgan fingerprint density at radius 3 is 2.88 bits per heavy atom. The van der Waals surface area contributed by atoms with Crippen molar-refractivity contribution in [2.45, 2.75) is 13.0 Å². The summed E-state index contributed by atoms with van der Waals surface area (Å²) in [6, 6.07) is 8.95. The van der Waals surface area contributed by atoms with Crippen LogP contribution in [-0.4, -0.2) is 43.3 Å². The lowest BCUT2D eigenvalue weighted by Gasteiger charge is -2.34. The molecule has 1 aliphatic rings. The maximum absolute atomic E-state index is 12.9. The smallest absolute Gasteiger partial charge is 0.210 e. The standard InChI is InChI=1S/C18H22N4O2S/c1-2-21-18-14(13-10-20-8-9-22(13)11-23)15(19)17(25-18)16(24)12-6-4-3-5-7-12/h3-7,11,13,20-21H,2,8-10,19H2,1H3. The van der Waals surface area contributed by atoms with E-state index < -0.39 is 0 Å². The molecule has 132 valence electrons. The van der Waals surface area contributed by atoms with Gasteiger partial charge in [0.05, 0.1) is 16.7 Å². The van der Waals surface area contributed by atoms with Gasteiger partial charge in [-0.1, -0.05) is 30.3 Å². The van der Waals surface area contributed by atoms with Crippen LogP contribution in [0.4, 0.5) is 10.7 Å². The van der Waals surface area contributed by atoms with Crippen molar-refractivity contribution in [3.63, 3.8) is 0 Å². The number of amides is 1. The van der Waals surface area contributed by atoms with Gasteiger partial charge < -0.3 is 21.3 Å². The molecule has 0 aliphatic carbocycles. The van der Waals surface area contributed by atoms with Crippen LogP contribution in [0.25, 0.3) is 0 Å². The Morgan fingerprint density at radius 1 is 1.44 bits per heavy atom. The molecule has 2 heterocycles. The number of benzene rings is 1. The molecule has 0 bridgehead atoms. The van der Waals surface area contributed by atoms with Crippen molar-refractivity contribution in [1.82, 2.24) is 10.2 Å². The molecule has 1 amide bonds. The minimum atomic E-state index is -0.172. The van der Waals surface area contributed by atoms with Crippen LogP contribution in [0.2, 0.25) is 0 Å². The number of nitrogens with two attached hydrogens (primary N) is 1. The van der Waals surface area contributed by atoms with E-state index >= 15 is 0 Å². The first kappa shape index (κ1) is 17.4. The Hall–Kier alpha value is -2.38. The van der Waals surface area contributed by atoms with Gasteiger partial charge in [0, 0.05) is 37.3 Å². The van der Waals surface area contributed by atoms with Crippen LogP contribution in [0.1, 0.15) is 33.8 Å². The summed E-state index contributed by atoms with van der Waals surface area (Å²) in [7, 11) is 0. The molecule has 6 nitrogen and oxygen atoms in total. The monoisotopic (exact) mass is 358 g/mol. The van der Waals surface area contributed by atoms with E-state index in [0.29, 0.717) is 35.8 Å². The number of hydrogen-bond acceptors (Lipinski definition) is 6. The molecule has 2 aromatic rings. The van der Waals surface area contributed by atoms with Gasteiger partial charge in [-0.15, -0.1) is 11.3 Å². The summed E-state index contributed by atoms with van der Waals surface area (Å²) in [5.74, 6) is -0.0880. The van der Waals surface area contributed by atoms with Crippen molar-refractivity contribution in [2.24, 2.45) is 0 Å². The zero-order valence-electron chi connectivity index (χ0n) is 14.1. The topological polar surface area (TPSA) is 87.5 Å². The quantitative estimate of drug-likeness (QED) is 0.544. The Kier molecular flexibility index (Phi) is 5.35. The number of anilines is 2. The normalized spacial score (nSPS) is 17.3. The summed E-state index contributed by atoms with van der Waals surface area (Å²) < 4.78 is 0. The number of nitrogens with zero attached hydrogens (tertiary/aromatic N) is 1. The molecule has 1 unspecified atom stereocenters. The summed E-state index contributed by atoms with van der Waals surface area (Å²) in [5.41, 5.74) is 8.32. The van der Waals surface area contributed by atoms with E-state index in [1.165, 1.54) is 11.3 Å². The Balaban J connectivity index is 2.04. The molecule has 1 atom stereocenters. The molecule has 3 rings (SSSR count). The van der Waals surface area contributed by atoms with Crippen LogP contribution >= 0.6 is 11.3 Å². The molecule has 1 fully saturated rings. The third-order valence-electron chi connectivity index (χ3n) is 4.32. The number of piperazine rings is 1. The second-order valence-corrected chi connectivity index (χ2v) is 6.90. The van der Waals surface area contributed by atoms with Crippen LogP contribution in [0.15, 0.2) is 30.3 Å². The Labute approximate surface area is 151 Å². The molecule has 0 saturated carbocycles. The van der Waals surface area contributed by atoms with Gasteiger partial charge >= 0.3 is 0 Å². The SMILES string of the molecule is CCNc1sc(C(=O)c2ccccc2)c(N)c1C1CNCCN1C=O. The van der Waals surface area contributed by atoms with Crippen LogP contribution in [0, 0.1) is 0 Å².